The highest BCUT2D eigenvalue weighted by Gasteiger charge is 2.29. The van der Waals surface area contributed by atoms with E-state index in [-0.39, 0.29) is 0 Å². The van der Waals surface area contributed by atoms with Gasteiger partial charge in [0.2, 0.25) is 0 Å². The zero-order valence-electron chi connectivity index (χ0n) is 28.4. The Labute approximate surface area is 262 Å². The predicted octanol–water partition coefficient (Wildman–Crippen LogP) is 11.7. The smallest absolute Gasteiger partial charge is 0.0237 e. The van der Waals surface area contributed by atoms with Gasteiger partial charge in [-0.25, -0.2) is 0 Å². The summed E-state index contributed by atoms with van der Waals surface area (Å²) in [6, 6.07) is 10.4. The molecule has 0 heterocycles. The van der Waals surface area contributed by atoms with Crippen molar-refractivity contribution in [2.75, 3.05) is 0 Å². The van der Waals surface area contributed by atoms with Gasteiger partial charge in [0.25, 0.3) is 0 Å². The van der Waals surface area contributed by atoms with Crippen molar-refractivity contribution in [3.8, 4) is 0 Å². The van der Waals surface area contributed by atoms with Crippen molar-refractivity contribution in [1.82, 2.24) is 0 Å². The molecular formula is C41H63P. The van der Waals surface area contributed by atoms with Crippen LogP contribution in [0.25, 0.3) is 0 Å². The molecule has 0 amide bonds. The summed E-state index contributed by atoms with van der Waals surface area (Å²) < 4.78 is 0. The largest absolute Gasteiger partial charge is 0.0727 e. The van der Waals surface area contributed by atoms with Crippen LogP contribution >= 0.6 is 7.92 Å². The third-order valence-electron chi connectivity index (χ3n) is 9.27. The van der Waals surface area contributed by atoms with Gasteiger partial charge in [0.15, 0.2) is 0 Å². The average Bonchev–Trinajstić information content (AvgIpc) is 3.54. The maximum atomic E-state index is 2.62. The standard InChI is InChI=1S/C41H63P/c1-7-13-21-33-29-31-40(38(27-17-11-5)36(33)25-15-9-3)42(35-23-19-20-24-35)41-32-30-34(22-14-8-2)37(26-16-10-4)39(41)28-18-12-6/h19-20,23-24,29-32,35H,7-18,21-22,25-28H2,1-6H3. The van der Waals surface area contributed by atoms with E-state index >= 15 is 0 Å². The van der Waals surface area contributed by atoms with E-state index in [1.807, 2.05) is 0 Å². The summed E-state index contributed by atoms with van der Waals surface area (Å²) in [5, 5.41) is 3.40. The number of allylic oxidation sites excluding steroid dienone is 4. The predicted molar refractivity (Wildman–Crippen MR) is 193 cm³/mol. The second kappa shape index (κ2) is 19.6. The van der Waals surface area contributed by atoms with Gasteiger partial charge < -0.3 is 0 Å². The number of hydrogen-bond donors (Lipinski definition) is 0. The van der Waals surface area contributed by atoms with E-state index in [9.17, 15) is 0 Å². The molecule has 1 aliphatic carbocycles. The molecule has 1 aliphatic rings. The Balaban J connectivity index is 2.31. The number of aryl methyl sites for hydroxylation is 2. The first-order valence-corrected chi connectivity index (χ1v) is 19.5. The fourth-order valence-electron chi connectivity index (χ4n) is 6.75. The lowest BCUT2D eigenvalue weighted by Crippen LogP contribution is -2.27. The van der Waals surface area contributed by atoms with Gasteiger partial charge >= 0.3 is 0 Å². The lowest BCUT2D eigenvalue weighted by atomic mass is 9.90. The monoisotopic (exact) mass is 586 g/mol. The molecule has 0 saturated heterocycles. The van der Waals surface area contributed by atoms with Crippen molar-refractivity contribution in [3.05, 3.63) is 82.0 Å². The molecule has 0 bridgehead atoms. The van der Waals surface area contributed by atoms with Gasteiger partial charge in [0, 0.05) is 5.66 Å². The molecule has 2 aromatic rings. The molecular weight excluding hydrogens is 523 g/mol. The van der Waals surface area contributed by atoms with Crippen molar-refractivity contribution < 1.29 is 0 Å². The van der Waals surface area contributed by atoms with Crippen LogP contribution in [0.1, 0.15) is 152 Å². The number of benzene rings is 2. The minimum Gasteiger partial charge on any atom is -0.0727 e. The fraction of sp³-hybridized carbons (Fsp3) is 0.610. The van der Waals surface area contributed by atoms with Gasteiger partial charge in [-0.3, -0.25) is 0 Å². The molecule has 0 unspecified atom stereocenters. The van der Waals surface area contributed by atoms with Gasteiger partial charge in [-0.1, -0.05) is 129 Å². The van der Waals surface area contributed by atoms with E-state index < -0.39 is 7.92 Å². The molecule has 3 rings (SSSR count). The zero-order valence-corrected chi connectivity index (χ0v) is 29.3. The van der Waals surface area contributed by atoms with Crippen molar-refractivity contribution in [3.63, 3.8) is 0 Å². The van der Waals surface area contributed by atoms with Crippen molar-refractivity contribution in [1.29, 1.82) is 0 Å². The summed E-state index contributed by atoms with van der Waals surface area (Å²) in [5.74, 6) is 0. The van der Waals surface area contributed by atoms with Crippen LogP contribution in [0.5, 0.6) is 0 Å². The fourth-order valence-corrected chi connectivity index (χ4v) is 9.74. The maximum Gasteiger partial charge on any atom is 0.0237 e. The third-order valence-corrected chi connectivity index (χ3v) is 12.1. The first kappa shape index (κ1) is 34.8. The quantitative estimate of drug-likeness (QED) is 0.128. The van der Waals surface area contributed by atoms with Crippen LogP contribution in [0, 0.1) is 0 Å². The Morgan fingerprint density at radius 3 is 1.12 bits per heavy atom. The normalized spacial score (nSPS) is 13.2. The van der Waals surface area contributed by atoms with Gasteiger partial charge in [0.1, 0.15) is 0 Å². The Hall–Kier alpha value is -1.65. The molecule has 232 valence electrons. The van der Waals surface area contributed by atoms with Gasteiger partial charge in [-0.05, 0) is 129 Å². The zero-order chi connectivity index (χ0) is 30.2. The second-order valence-electron chi connectivity index (χ2n) is 12.7. The van der Waals surface area contributed by atoms with Gasteiger partial charge in [-0.15, -0.1) is 0 Å². The van der Waals surface area contributed by atoms with E-state index in [0.29, 0.717) is 5.66 Å². The molecule has 0 fully saturated rings. The van der Waals surface area contributed by atoms with Gasteiger partial charge in [0.05, 0.1) is 0 Å². The van der Waals surface area contributed by atoms with Gasteiger partial charge in [-0.2, -0.15) is 0 Å². The molecule has 0 nitrogen and oxygen atoms in total. The summed E-state index contributed by atoms with van der Waals surface area (Å²) in [4.78, 5) is 0. The molecule has 0 N–H and O–H groups in total. The minimum absolute atomic E-state index is 0.502. The van der Waals surface area contributed by atoms with Crippen LogP contribution in [0.15, 0.2) is 48.6 Å². The first-order valence-electron chi connectivity index (χ1n) is 18.1. The highest BCUT2D eigenvalue weighted by Crippen LogP contribution is 2.46. The maximum absolute atomic E-state index is 2.62. The van der Waals surface area contributed by atoms with Crippen LogP contribution in [0.4, 0.5) is 0 Å². The average molecular weight is 587 g/mol. The molecule has 2 aromatic carbocycles. The van der Waals surface area contributed by atoms with Crippen LogP contribution in [0.3, 0.4) is 0 Å². The Kier molecular flexibility index (Phi) is 16.2. The number of hydrogen-bond acceptors (Lipinski definition) is 0. The third kappa shape index (κ3) is 9.42. The van der Waals surface area contributed by atoms with Crippen molar-refractivity contribution >= 4 is 18.5 Å². The lowest BCUT2D eigenvalue weighted by molar-refractivity contribution is 0.736. The summed E-state index contributed by atoms with van der Waals surface area (Å²) >= 11 is 0. The molecule has 0 aromatic heterocycles. The molecule has 0 atom stereocenters. The topological polar surface area (TPSA) is 0 Å². The van der Waals surface area contributed by atoms with E-state index in [1.165, 1.54) is 116 Å². The van der Waals surface area contributed by atoms with E-state index in [2.05, 4.69) is 90.1 Å². The second-order valence-corrected chi connectivity index (χ2v) is 15.0. The molecule has 1 heteroatoms. The summed E-state index contributed by atoms with van der Waals surface area (Å²) in [7, 11) is -0.513. The Morgan fingerprint density at radius 2 is 0.762 bits per heavy atom. The van der Waals surface area contributed by atoms with Crippen molar-refractivity contribution in [2.24, 2.45) is 0 Å². The minimum atomic E-state index is -0.513. The highest BCUT2D eigenvalue weighted by atomic mass is 31.1. The van der Waals surface area contributed by atoms with E-state index in [4.69, 9.17) is 0 Å². The summed E-state index contributed by atoms with van der Waals surface area (Å²) in [6.07, 6.45) is 32.6. The Morgan fingerprint density at radius 1 is 0.429 bits per heavy atom. The van der Waals surface area contributed by atoms with E-state index in [0.717, 1.165) is 0 Å². The summed E-state index contributed by atoms with van der Waals surface area (Å²) in [5.41, 5.74) is 10.7. The molecule has 0 radical (unpaired) electrons. The molecule has 0 aliphatic heterocycles. The van der Waals surface area contributed by atoms with Crippen LogP contribution in [-0.4, -0.2) is 5.66 Å². The van der Waals surface area contributed by atoms with Crippen LogP contribution in [0.2, 0.25) is 0 Å². The summed E-state index contributed by atoms with van der Waals surface area (Å²) in [6.45, 7) is 14.1. The number of unbranched alkanes of at least 4 members (excludes halogenated alkanes) is 6. The SMILES string of the molecule is CCCCc1ccc(P(c2ccc(CCCC)c(CCCC)c2CCCC)C2C=CC=C2)c(CCCC)c1CCCC. The molecule has 0 saturated carbocycles. The van der Waals surface area contributed by atoms with Crippen LogP contribution in [-0.2, 0) is 38.5 Å². The first-order chi connectivity index (χ1) is 20.6. The number of rotatable bonds is 21. The lowest BCUT2D eigenvalue weighted by Gasteiger charge is -2.31. The molecule has 0 spiro atoms. The van der Waals surface area contributed by atoms with Crippen molar-refractivity contribution in [2.45, 2.75) is 163 Å². The van der Waals surface area contributed by atoms with Crippen LogP contribution < -0.4 is 10.6 Å². The molecule has 42 heavy (non-hydrogen) atoms. The highest BCUT2D eigenvalue weighted by molar-refractivity contribution is 7.74. The Bertz CT molecular complexity index is 1030. The van der Waals surface area contributed by atoms with E-state index in [1.54, 1.807) is 44.0 Å².